The average Bonchev–Trinajstić information content (AvgIpc) is 2.71. The summed E-state index contributed by atoms with van der Waals surface area (Å²) in [6.45, 7) is -0.475. The molecule has 0 aliphatic heterocycles. The maximum absolute atomic E-state index is 13.8. The molecule has 6 rings (SSSR count). The van der Waals surface area contributed by atoms with Gasteiger partial charge in [-0.1, -0.05) is 19.3 Å². The number of aliphatic hydroxyl groups is 2. The van der Waals surface area contributed by atoms with E-state index >= 15 is 0 Å². The lowest BCUT2D eigenvalue weighted by Crippen LogP contribution is -2.58. The molecule has 9 nitrogen and oxygen atoms in total. The number of carbonyl (C=O) groups excluding carboxylic acids is 1. The standard InChI is InChI=1S/C23H33N3O6/c27-17(28)12-24-19(29)18-20(30)25(16-4-2-1-3-5-16)22(32)26(21(18)31)23-9-13-6-14(10-23)8-15(7-13)11-23/h13-17,27-28,31H,1-12H2,(H,24,29)/t13-,14+,15-,23-. The van der Waals surface area contributed by atoms with E-state index in [4.69, 9.17) is 10.2 Å². The zero-order chi connectivity index (χ0) is 22.6. The highest BCUT2D eigenvalue weighted by atomic mass is 16.5. The minimum atomic E-state index is -1.78. The molecule has 1 amide bonds. The first-order valence-corrected chi connectivity index (χ1v) is 12.0. The number of aliphatic hydroxyl groups excluding tert-OH is 1. The molecule has 5 aliphatic rings. The third-order valence-electron chi connectivity index (χ3n) is 8.36. The Balaban J connectivity index is 1.67. The molecule has 176 valence electrons. The largest absolute Gasteiger partial charge is 0.494 e. The first kappa shape index (κ1) is 21.7. The van der Waals surface area contributed by atoms with E-state index in [0.717, 1.165) is 57.8 Å². The molecule has 1 aromatic rings. The summed E-state index contributed by atoms with van der Waals surface area (Å²) < 4.78 is 2.60. The predicted molar refractivity (Wildman–Crippen MR) is 115 cm³/mol. The maximum atomic E-state index is 13.8. The summed E-state index contributed by atoms with van der Waals surface area (Å²) >= 11 is 0. The van der Waals surface area contributed by atoms with Gasteiger partial charge >= 0.3 is 5.69 Å². The van der Waals surface area contributed by atoms with Gasteiger partial charge in [-0.15, -0.1) is 0 Å². The number of amides is 1. The second kappa shape index (κ2) is 8.02. The lowest BCUT2D eigenvalue weighted by Gasteiger charge is -2.57. The van der Waals surface area contributed by atoms with Crippen LogP contribution in [0.5, 0.6) is 5.88 Å². The molecular weight excluding hydrogens is 414 g/mol. The second-order valence-electron chi connectivity index (χ2n) is 10.6. The molecule has 0 unspecified atom stereocenters. The Labute approximate surface area is 186 Å². The lowest BCUT2D eigenvalue weighted by atomic mass is 9.53. The SMILES string of the molecule is O=C(NCC(O)O)c1c(O)n([C@]23C[C@H]4C[C@H](C[C@H](C4)C2)C3)c(=O)n(C2CCCCC2)c1=O. The van der Waals surface area contributed by atoms with Crippen LogP contribution in [0.4, 0.5) is 0 Å². The van der Waals surface area contributed by atoms with E-state index in [1.54, 1.807) is 0 Å². The molecular formula is C23H33N3O6. The fraction of sp³-hybridized carbons (Fsp3) is 0.783. The molecule has 0 spiro atoms. The molecule has 0 aromatic carbocycles. The summed E-state index contributed by atoms with van der Waals surface area (Å²) in [5.74, 6) is 0.0563. The Morgan fingerprint density at radius 3 is 2.09 bits per heavy atom. The molecule has 0 radical (unpaired) electrons. The van der Waals surface area contributed by atoms with Crippen LogP contribution in [0.25, 0.3) is 0 Å². The number of aromatic hydroxyl groups is 1. The molecule has 9 heteroatoms. The van der Waals surface area contributed by atoms with Crippen LogP contribution in [0.1, 0.15) is 87.0 Å². The van der Waals surface area contributed by atoms with Crippen molar-refractivity contribution >= 4 is 5.91 Å². The Kier molecular flexibility index (Phi) is 5.44. The Morgan fingerprint density at radius 2 is 1.56 bits per heavy atom. The highest BCUT2D eigenvalue weighted by molar-refractivity contribution is 5.96. The molecule has 0 saturated heterocycles. The fourth-order valence-corrected chi connectivity index (χ4v) is 7.51. The van der Waals surface area contributed by atoms with Crippen LogP contribution in [0.3, 0.4) is 0 Å². The molecule has 5 fully saturated rings. The molecule has 1 heterocycles. The third kappa shape index (κ3) is 3.50. The van der Waals surface area contributed by atoms with Gasteiger partial charge in [0, 0.05) is 6.04 Å². The monoisotopic (exact) mass is 447 g/mol. The van der Waals surface area contributed by atoms with Crippen LogP contribution in [0.2, 0.25) is 0 Å². The maximum Gasteiger partial charge on any atom is 0.334 e. The minimum Gasteiger partial charge on any atom is -0.494 e. The molecule has 32 heavy (non-hydrogen) atoms. The van der Waals surface area contributed by atoms with Gasteiger partial charge in [-0.3, -0.25) is 18.7 Å². The number of aromatic nitrogens is 2. The Bertz CT molecular complexity index is 984. The van der Waals surface area contributed by atoms with Crippen LogP contribution >= 0.6 is 0 Å². The first-order valence-electron chi connectivity index (χ1n) is 12.0. The molecule has 4 bridgehead atoms. The second-order valence-corrected chi connectivity index (χ2v) is 10.6. The topological polar surface area (TPSA) is 134 Å². The van der Waals surface area contributed by atoms with Crippen molar-refractivity contribution in [2.75, 3.05) is 6.54 Å². The Morgan fingerprint density at radius 1 is 1.00 bits per heavy atom. The number of hydrogen-bond donors (Lipinski definition) is 4. The van der Waals surface area contributed by atoms with Gasteiger partial charge in [-0.05, 0) is 69.1 Å². The van der Waals surface area contributed by atoms with Crippen molar-refractivity contribution < 1.29 is 20.1 Å². The Hall–Kier alpha value is -2.13. The number of carbonyl (C=O) groups is 1. The summed E-state index contributed by atoms with van der Waals surface area (Å²) in [5.41, 5.74) is -2.32. The van der Waals surface area contributed by atoms with E-state index in [1.165, 1.54) is 9.13 Å². The van der Waals surface area contributed by atoms with Crippen molar-refractivity contribution in [3.05, 3.63) is 26.4 Å². The van der Waals surface area contributed by atoms with Crippen molar-refractivity contribution in [2.45, 2.75) is 88.5 Å². The van der Waals surface area contributed by atoms with Crippen LogP contribution in [0, 0.1) is 17.8 Å². The van der Waals surface area contributed by atoms with Crippen LogP contribution < -0.4 is 16.6 Å². The smallest absolute Gasteiger partial charge is 0.334 e. The van der Waals surface area contributed by atoms with Gasteiger partial charge in [-0.2, -0.15) is 0 Å². The van der Waals surface area contributed by atoms with Crippen molar-refractivity contribution in [3.63, 3.8) is 0 Å². The summed E-state index contributed by atoms with van der Waals surface area (Å²) in [5, 5.41) is 31.8. The van der Waals surface area contributed by atoms with Crippen LogP contribution in [-0.2, 0) is 5.54 Å². The van der Waals surface area contributed by atoms with E-state index < -0.39 is 47.0 Å². The number of nitrogens with one attached hydrogen (secondary N) is 1. The molecule has 5 saturated carbocycles. The fourth-order valence-electron chi connectivity index (χ4n) is 7.51. The van der Waals surface area contributed by atoms with E-state index in [9.17, 15) is 19.5 Å². The third-order valence-corrected chi connectivity index (χ3v) is 8.36. The molecule has 1 aromatic heterocycles. The predicted octanol–water partition coefficient (Wildman–Crippen LogP) is 1.19. The van der Waals surface area contributed by atoms with Crippen molar-refractivity contribution in [2.24, 2.45) is 17.8 Å². The minimum absolute atomic E-state index is 0.292. The lowest BCUT2D eigenvalue weighted by molar-refractivity contribution is -0.0498. The normalized spacial score (nSPS) is 31.9. The zero-order valence-electron chi connectivity index (χ0n) is 18.3. The van der Waals surface area contributed by atoms with Crippen molar-refractivity contribution in [3.8, 4) is 5.88 Å². The summed E-state index contributed by atoms with van der Waals surface area (Å²) in [7, 11) is 0. The van der Waals surface area contributed by atoms with Gasteiger partial charge < -0.3 is 20.6 Å². The van der Waals surface area contributed by atoms with Crippen LogP contribution in [0.15, 0.2) is 9.59 Å². The van der Waals surface area contributed by atoms with E-state index in [2.05, 4.69) is 5.32 Å². The van der Waals surface area contributed by atoms with Gasteiger partial charge in [0.25, 0.3) is 11.5 Å². The van der Waals surface area contributed by atoms with E-state index in [-0.39, 0.29) is 6.04 Å². The quantitative estimate of drug-likeness (QED) is 0.501. The van der Waals surface area contributed by atoms with Crippen molar-refractivity contribution in [1.82, 2.24) is 14.5 Å². The first-order chi connectivity index (χ1) is 15.3. The summed E-state index contributed by atoms with van der Waals surface area (Å²) in [6.07, 6.45) is 8.28. The van der Waals surface area contributed by atoms with E-state index in [0.29, 0.717) is 30.6 Å². The highest BCUT2D eigenvalue weighted by Gasteiger charge is 2.54. The van der Waals surface area contributed by atoms with E-state index in [1.807, 2.05) is 0 Å². The van der Waals surface area contributed by atoms with Gasteiger partial charge in [0.2, 0.25) is 5.88 Å². The van der Waals surface area contributed by atoms with Crippen molar-refractivity contribution in [1.29, 1.82) is 0 Å². The summed E-state index contributed by atoms with van der Waals surface area (Å²) in [4.78, 5) is 40.1. The van der Waals surface area contributed by atoms with Gasteiger partial charge in [0.15, 0.2) is 11.9 Å². The van der Waals surface area contributed by atoms with Crippen LogP contribution in [-0.4, -0.2) is 43.2 Å². The molecule has 4 N–H and O–H groups in total. The number of rotatable bonds is 5. The van der Waals surface area contributed by atoms with Gasteiger partial charge in [-0.25, -0.2) is 4.79 Å². The number of nitrogens with zero attached hydrogens (tertiary/aromatic N) is 2. The molecule has 0 atom stereocenters. The summed E-state index contributed by atoms with van der Waals surface area (Å²) in [6, 6.07) is -0.292. The molecule has 5 aliphatic carbocycles. The average molecular weight is 448 g/mol. The highest BCUT2D eigenvalue weighted by Crippen LogP contribution is 2.59. The number of hydrogen-bond acceptors (Lipinski definition) is 6. The van der Waals surface area contributed by atoms with Gasteiger partial charge in [0.05, 0.1) is 12.1 Å². The zero-order valence-corrected chi connectivity index (χ0v) is 18.3. The van der Waals surface area contributed by atoms with Gasteiger partial charge in [0.1, 0.15) is 0 Å².